The van der Waals surface area contributed by atoms with E-state index >= 15 is 0 Å². The highest BCUT2D eigenvalue weighted by Gasteiger charge is 2.08. The lowest BCUT2D eigenvalue weighted by Gasteiger charge is -2.09. The predicted octanol–water partition coefficient (Wildman–Crippen LogP) is 1.77. The Morgan fingerprint density at radius 2 is 2.05 bits per heavy atom. The molecule has 0 unspecified atom stereocenters. The molecule has 0 fully saturated rings. The second-order valence-electron chi connectivity index (χ2n) is 5.22. The molecule has 6 heteroatoms. The normalized spacial score (nSPS) is 10.7. The maximum Gasteiger partial charge on any atom is 0.271 e. The van der Waals surface area contributed by atoms with E-state index in [0.717, 1.165) is 5.75 Å². The number of aliphatic hydroxyl groups excluding tert-OH is 1. The molecule has 118 valence electrons. The van der Waals surface area contributed by atoms with Crippen LogP contribution in [0.3, 0.4) is 0 Å². The number of aromatic nitrogens is 2. The number of hydrogen-bond donors (Lipinski definition) is 2. The molecule has 22 heavy (non-hydrogen) atoms. The number of benzene rings is 1. The summed E-state index contributed by atoms with van der Waals surface area (Å²) in [4.78, 5) is 11.7. The molecule has 0 saturated carbocycles. The van der Waals surface area contributed by atoms with Crippen LogP contribution >= 0.6 is 0 Å². The Labute approximate surface area is 129 Å². The minimum atomic E-state index is -0.311. The van der Waals surface area contributed by atoms with E-state index in [1.807, 2.05) is 24.3 Å². The zero-order chi connectivity index (χ0) is 15.9. The molecule has 0 aliphatic heterocycles. The van der Waals surface area contributed by atoms with Crippen LogP contribution in [-0.4, -0.2) is 33.9 Å². The van der Waals surface area contributed by atoms with Crippen molar-refractivity contribution in [1.29, 1.82) is 0 Å². The number of aliphatic hydroxyl groups is 1. The molecular weight excluding hydrogens is 282 g/mol. The third-order valence-electron chi connectivity index (χ3n) is 3.18. The monoisotopic (exact) mass is 303 g/mol. The molecule has 0 radical (unpaired) electrons. The molecule has 1 aromatic carbocycles. The Hall–Kier alpha value is -2.34. The summed E-state index contributed by atoms with van der Waals surface area (Å²) in [6.07, 6.45) is 1.68. The van der Waals surface area contributed by atoms with Gasteiger partial charge in [-0.3, -0.25) is 4.79 Å². The molecule has 0 aliphatic carbocycles. The van der Waals surface area contributed by atoms with Gasteiger partial charge >= 0.3 is 0 Å². The number of rotatable bonds is 7. The molecule has 1 aromatic heterocycles. The summed E-state index contributed by atoms with van der Waals surface area (Å²) in [6.45, 7) is 4.63. The van der Waals surface area contributed by atoms with Crippen molar-refractivity contribution >= 4 is 5.91 Å². The van der Waals surface area contributed by atoms with Gasteiger partial charge in [0, 0.05) is 12.7 Å². The fourth-order valence-corrected chi connectivity index (χ4v) is 1.90. The van der Waals surface area contributed by atoms with Crippen molar-refractivity contribution in [2.45, 2.75) is 26.5 Å². The van der Waals surface area contributed by atoms with Gasteiger partial charge in [-0.25, -0.2) is 4.68 Å². The summed E-state index contributed by atoms with van der Waals surface area (Å²) in [5.41, 5.74) is 1.56. The number of nitrogens with zero attached hydrogens (tertiary/aromatic N) is 2. The maximum atomic E-state index is 11.7. The van der Waals surface area contributed by atoms with E-state index in [9.17, 15) is 4.79 Å². The minimum Gasteiger partial charge on any atom is -0.471 e. The Kier molecular flexibility index (Phi) is 5.55. The van der Waals surface area contributed by atoms with E-state index in [1.165, 1.54) is 5.56 Å². The Morgan fingerprint density at radius 3 is 2.68 bits per heavy atom. The fourth-order valence-electron chi connectivity index (χ4n) is 1.90. The molecule has 1 amide bonds. The fraction of sp³-hybridized carbons (Fsp3) is 0.375. The van der Waals surface area contributed by atoms with Gasteiger partial charge in [-0.15, -0.1) is 0 Å². The van der Waals surface area contributed by atoms with Gasteiger partial charge in [-0.2, -0.15) is 5.10 Å². The third kappa shape index (κ3) is 4.33. The molecule has 0 atom stereocenters. The molecule has 0 saturated heterocycles. The van der Waals surface area contributed by atoms with Crippen molar-refractivity contribution in [1.82, 2.24) is 15.1 Å². The number of hydrogen-bond acceptors (Lipinski definition) is 4. The Morgan fingerprint density at radius 1 is 1.32 bits per heavy atom. The van der Waals surface area contributed by atoms with Gasteiger partial charge in [0.15, 0.2) is 6.73 Å². The van der Waals surface area contributed by atoms with Crippen LogP contribution in [0.4, 0.5) is 0 Å². The van der Waals surface area contributed by atoms with Crippen molar-refractivity contribution in [2.75, 3.05) is 13.2 Å². The second-order valence-corrected chi connectivity index (χ2v) is 5.22. The smallest absolute Gasteiger partial charge is 0.271 e. The topological polar surface area (TPSA) is 76.4 Å². The first kappa shape index (κ1) is 16.0. The van der Waals surface area contributed by atoms with Crippen LogP contribution in [0.1, 0.15) is 35.8 Å². The quantitative estimate of drug-likeness (QED) is 0.817. The Balaban J connectivity index is 1.89. The van der Waals surface area contributed by atoms with Gasteiger partial charge in [-0.1, -0.05) is 26.0 Å². The summed E-state index contributed by atoms with van der Waals surface area (Å²) in [5, 5.41) is 15.3. The van der Waals surface area contributed by atoms with Crippen LogP contribution in [0.15, 0.2) is 36.5 Å². The van der Waals surface area contributed by atoms with Crippen molar-refractivity contribution in [3.05, 3.63) is 47.8 Å². The first-order valence-electron chi connectivity index (χ1n) is 7.25. The molecule has 0 bridgehead atoms. The highest BCUT2D eigenvalue weighted by molar-refractivity contribution is 5.92. The summed E-state index contributed by atoms with van der Waals surface area (Å²) in [6, 6.07) is 9.53. The van der Waals surface area contributed by atoms with Crippen molar-refractivity contribution in [2.24, 2.45) is 0 Å². The lowest BCUT2D eigenvalue weighted by atomic mass is 10.0. The van der Waals surface area contributed by atoms with E-state index < -0.39 is 0 Å². The van der Waals surface area contributed by atoms with E-state index in [0.29, 0.717) is 11.6 Å². The second kappa shape index (κ2) is 7.61. The van der Waals surface area contributed by atoms with Gasteiger partial charge in [0.25, 0.3) is 5.91 Å². The minimum absolute atomic E-state index is 0.0953. The number of amides is 1. The molecule has 0 aliphatic rings. The largest absolute Gasteiger partial charge is 0.471 e. The van der Waals surface area contributed by atoms with Gasteiger partial charge in [-0.05, 0) is 29.7 Å². The molecule has 6 nitrogen and oxygen atoms in total. The molecule has 2 rings (SSSR count). The summed E-state index contributed by atoms with van der Waals surface area (Å²) >= 11 is 0. The molecule has 2 aromatic rings. The van der Waals surface area contributed by atoms with E-state index in [2.05, 4.69) is 24.3 Å². The highest BCUT2D eigenvalue weighted by atomic mass is 16.5. The Bertz CT molecular complexity index is 605. The first-order valence-corrected chi connectivity index (χ1v) is 7.25. The third-order valence-corrected chi connectivity index (χ3v) is 3.18. The lowest BCUT2D eigenvalue weighted by Crippen LogP contribution is -2.26. The zero-order valence-electron chi connectivity index (χ0n) is 12.8. The van der Waals surface area contributed by atoms with Crippen LogP contribution < -0.4 is 10.1 Å². The maximum absolute atomic E-state index is 11.7. The zero-order valence-corrected chi connectivity index (χ0v) is 12.8. The number of carbonyl (C=O) groups excluding carboxylic acids is 1. The predicted molar refractivity (Wildman–Crippen MR) is 82.8 cm³/mol. The van der Waals surface area contributed by atoms with Crippen LogP contribution in [0, 0.1) is 0 Å². The van der Waals surface area contributed by atoms with Gasteiger partial charge < -0.3 is 15.2 Å². The van der Waals surface area contributed by atoms with Crippen LogP contribution in [0.2, 0.25) is 0 Å². The van der Waals surface area contributed by atoms with E-state index in [1.54, 1.807) is 16.9 Å². The van der Waals surface area contributed by atoms with Crippen LogP contribution in [0.5, 0.6) is 5.75 Å². The van der Waals surface area contributed by atoms with Crippen LogP contribution in [-0.2, 0) is 6.73 Å². The first-order chi connectivity index (χ1) is 10.6. The van der Waals surface area contributed by atoms with Crippen molar-refractivity contribution < 1.29 is 14.6 Å². The highest BCUT2D eigenvalue weighted by Crippen LogP contribution is 2.18. The van der Waals surface area contributed by atoms with Crippen molar-refractivity contribution in [3.63, 3.8) is 0 Å². The number of ether oxygens (including phenoxy) is 1. The number of carbonyl (C=O) groups is 1. The lowest BCUT2D eigenvalue weighted by molar-refractivity contribution is 0.0937. The standard InChI is InChI=1S/C16H21N3O3/c1-12(2)13-3-5-14(6-4-13)22-11-19-9-7-15(18-19)16(21)17-8-10-20/h3-7,9,12,20H,8,10-11H2,1-2H3,(H,17,21). The SMILES string of the molecule is CC(C)c1ccc(OCn2ccc(C(=O)NCCO)n2)cc1. The van der Waals surface area contributed by atoms with E-state index in [4.69, 9.17) is 9.84 Å². The summed E-state index contributed by atoms with van der Waals surface area (Å²) in [5.74, 6) is 0.931. The van der Waals surface area contributed by atoms with Gasteiger partial charge in [0.1, 0.15) is 11.4 Å². The molecule has 0 spiro atoms. The number of nitrogens with one attached hydrogen (secondary N) is 1. The summed E-state index contributed by atoms with van der Waals surface area (Å²) in [7, 11) is 0. The average molecular weight is 303 g/mol. The summed E-state index contributed by atoms with van der Waals surface area (Å²) < 4.78 is 7.18. The van der Waals surface area contributed by atoms with E-state index in [-0.39, 0.29) is 25.8 Å². The molecule has 2 N–H and O–H groups in total. The average Bonchev–Trinajstić information content (AvgIpc) is 3.00. The van der Waals surface area contributed by atoms with Gasteiger partial charge in [0.2, 0.25) is 0 Å². The molecular formula is C16H21N3O3. The van der Waals surface area contributed by atoms with Crippen molar-refractivity contribution in [3.8, 4) is 5.75 Å². The molecule has 1 heterocycles. The van der Waals surface area contributed by atoms with Crippen LogP contribution in [0.25, 0.3) is 0 Å². The van der Waals surface area contributed by atoms with Gasteiger partial charge in [0.05, 0.1) is 6.61 Å².